The zero-order chi connectivity index (χ0) is 22.9. The number of rotatable bonds is 6. The van der Waals surface area contributed by atoms with Gasteiger partial charge in [0.05, 0.1) is 6.10 Å². The molecule has 0 heterocycles. The van der Waals surface area contributed by atoms with E-state index in [0.29, 0.717) is 53.6 Å². The second-order valence-corrected chi connectivity index (χ2v) is 16.0. The summed E-state index contributed by atoms with van der Waals surface area (Å²) in [7, 11) is -1.84. The Morgan fingerprint density at radius 3 is 2.37 bits per heavy atom. The highest BCUT2D eigenvalue weighted by Crippen LogP contribution is 2.51. The van der Waals surface area contributed by atoms with Crippen LogP contribution in [0.5, 0.6) is 0 Å². The molecular weight excluding hydrogens is 388 g/mol. The van der Waals surface area contributed by atoms with Gasteiger partial charge in [0.15, 0.2) is 8.32 Å². The number of carboxylic acids is 1. The van der Waals surface area contributed by atoms with Crippen molar-refractivity contribution in [3.05, 3.63) is 36.0 Å². The molecule has 3 nitrogen and oxygen atoms in total. The molecule has 30 heavy (non-hydrogen) atoms. The largest absolute Gasteiger partial charge is 0.478 e. The van der Waals surface area contributed by atoms with Gasteiger partial charge in [-0.15, -0.1) is 0 Å². The molecule has 1 fully saturated rings. The van der Waals surface area contributed by atoms with Gasteiger partial charge in [0.25, 0.3) is 0 Å². The fraction of sp³-hybridized carbons (Fsp3) is 0.731. The first kappa shape index (κ1) is 25.1. The van der Waals surface area contributed by atoms with Crippen molar-refractivity contribution in [1.29, 1.82) is 0 Å². The molecular formula is C26H44O3Si. The van der Waals surface area contributed by atoms with Gasteiger partial charge in [0.2, 0.25) is 0 Å². The van der Waals surface area contributed by atoms with Crippen molar-refractivity contribution >= 4 is 14.3 Å². The van der Waals surface area contributed by atoms with Gasteiger partial charge in [-0.05, 0) is 66.5 Å². The molecule has 0 saturated heterocycles. The zero-order valence-corrected chi connectivity index (χ0v) is 21.6. The topological polar surface area (TPSA) is 46.5 Å². The SMILES string of the molecule is CC/C(=C\C=C\[C@@H]1[C@H]2[C@H](C)[C@@H](O[Si](C)(C)C(C)(C)C)[C@H](C)C[C@@H]2C=C[C@@H]1C)C(=O)O. The summed E-state index contributed by atoms with van der Waals surface area (Å²) in [5.41, 5.74) is 0.464. The van der Waals surface area contributed by atoms with Gasteiger partial charge in [-0.2, -0.15) is 0 Å². The van der Waals surface area contributed by atoms with E-state index in [1.54, 1.807) is 6.08 Å². The van der Waals surface area contributed by atoms with Crippen molar-refractivity contribution in [3.63, 3.8) is 0 Å². The molecule has 0 amide bonds. The van der Waals surface area contributed by atoms with Crippen LogP contribution in [-0.2, 0) is 9.22 Å². The van der Waals surface area contributed by atoms with E-state index < -0.39 is 14.3 Å². The molecule has 2 rings (SSSR count). The first-order valence-electron chi connectivity index (χ1n) is 11.8. The van der Waals surface area contributed by atoms with Crippen LogP contribution in [0, 0.1) is 35.5 Å². The van der Waals surface area contributed by atoms with E-state index in [1.165, 1.54) is 6.42 Å². The van der Waals surface area contributed by atoms with Crippen molar-refractivity contribution < 1.29 is 14.3 Å². The predicted molar refractivity (Wildman–Crippen MR) is 129 cm³/mol. The summed E-state index contributed by atoms with van der Waals surface area (Å²) in [5, 5.41) is 9.51. The molecule has 7 atom stereocenters. The maximum atomic E-state index is 11.3. The van der Waals surface area contributed by atoms with E-state index in [-0.39, 0.29) is 5.04 Å². The molecule has 0 aromatic rings. The van der Waals surface area contributed by atoms with Crippen molar-refractivity contribution in [3.8, 4) is 0 Å². The van der Waals surface area contributed by atoms with Gasteiger partial charge in [0, 0.05) is 5.57 Å². The minimum atomic E-state index is -1.84. The molecule has 2 aliphatic rings. The first-order valence-corrected chi connectivity index (χ1v) is 14.7. The lowest BCUT2D eigenvalue weighted by atomic mass is 9.58. The van der Waals surface area contributed by atoms with Gasteiger partial charge < -0.3 is 9.53 Å². The van der Waals surface area contributed by atoms with Crippen molar-refractivity contribution in [1.82, 2.24) is 0 Å². The van der Waals surface area contributed by atoms with E-state index >= 15 is 0 Å². The van der Waals surface area contributed by atoms with E-state index in [0.717, 1.165) is 0 Å². The number of carbonyl (C=O) groups is 1. The lowest BCUT2D eigenvalue weighted by Crippen LogP contribution is -2.53. The lowest BCUT2D eigenvalue weighted by Gasteiger charge is -2.52. The van der Waals surface area contributed by atoms with Crippen LogP contribution in [0.3, 0.4) is 0 Å². The molecule has 0 bridgehead atoms. The molecule has 1 N–H and O–H groups in total. The second-order valence-electron chi connectivity index (χ2n) is 11.2. The Morgan fingerprint density at radius 1 is 1.20 bits per heavy atom. The van der Waals surface area contributed by atoms with Gasteiger partial charge >= 0.3 is 5.97 Å². The number of hydrogen-bond acceptors (Lipinski definition) is 2. The third-order valence-corrected chi connectivity index (χ3v) is 12.5. The summed E-state index contributed by atoms with van der Waals surface area (Å²) in [5.74, 6) is 2.19. The predicted octanol–water partition coefficient (Wildman–Crippen LogP) is 7.08. The minimum absolute atomic E-state index is 0.209. The smallest absolute Gasteiger partial charge is 0.331 e. The lowest BCUT2D eigenvalue weighted by molar-refractivity contribution is -0.132. The van der Waals surface area contributed by atoms with Crippen LogP contribution < -0.4 is 0 Å². The summed E-state index contributed by atoms with van der Waals surface area (Å²) in [6.07, 6.45) is 12.9. The summed E-state index contributed by atoms with van der Waals surface area (Å²) < 4.78 is 6.99. The standard InChI is InChI=1S/C26H44O3Si/c1-10-20(25(27)28)12-11-13-22-17(2)14-15-21-16-18(3)24(19(4)23(21)22)29-30(8,9)26(5,6)7/h11-15,17-19,21-24H,10,16H2,1-9H3,(H,27,28)/b13-11+,20-12+/t17-,18+,19-,21-,22-,23-,24-/m0/s1. The molecule has 2 aliphatic carbocycles. The first-order chi connectivity index (χ1) is 13.8. The Morgan fingerprint density at radius 2 is 1.83 bits per heavy atom. The molecule has 170 valence electrons. The molecule has 0 aromatic heterocycles. The summed E-state index contributed by atoms with van der Waals surface area (Å²) in [6.45, 7) is 20.6. The van der Waals surface area contributed by atoms with Crippen molar-refractivity contribution in [2.45, 2.75) is 85.5 Å². The van der Waals surface area contributed by atoms with Crippen molar-refractivity contribution in [2.75, 3.05) is 0 Å². The second kappa shape index (κ2) is 9.56. The van der Waals surface area contributed by atoms with Crippen LogP contribution in [0.25, 0.3) is 0 Å². The third kappa shape index (κ3) is 5.37. The zero-order valence-electron chi connectivity index (χ0n) is 20.6. The molecule has 0 aliphatic heterocycles. The summed E-state index contributed by atoms with van der Waals surface area (Å²) >= 11 is 0. The number of hydrogen-bond donors (Lipinski definition) is 1. The summed E-state index contributed by atoms with van der Waals surface area (Å²) in [4.78, 5) is 11.3. The monoisotopic (exact) mass is 432 g/mol. The Hall–Kier alpha value is -1.13. The minimum Gasteiger partial charge on any atom is -0.478 e. The Kier molecular flexibility index (Phi) is 8.01. The van der Waals surface area contributed by atoms with E-state index in [2.05, 4.69) is 72.9 Å². The van der Waals surface area contributed by atoms with Crippen LogP contribution in [0.15, 0.2) is 36.0 Å². The van der Waals surface area contributed by atoms with Crippen molar-refractivity contribution in [2.24, 2.45) is 35.5 Å². The fourth-order valence-electron chi connectivity index (χ4n) is 5.17. The maximum Gasteiger partial charge on any atom is 0.331 e. The Bertz CT molecular complexity index is 698. The molecule has 1 saturated carbocycles. The fourth-order valence-corrected chi connectivity index (χ4v) is 6.65. The normalized spacial score (nSPS) is 35.5. The maximum absolute atomic E-state index is 11.3. The van der Waals surface area contributed by atoms with E-state index in [4.69, 9.17) is 4.43 Å². The van der Waals surface area contributed by atoms with Crippen LogP contribution >= 0.6 is 0 Å². The highest BCUT2D eigenvalue weighted by Gasteiger charge is 2.49. The quantitative estimate of drug-likeness (QED) is 0.211. The number of fused-ring (bicyclic) bond motifs is 1. The van der Waals surface area contributed by atoms with Gasteiger partial charge in [-0.3, -0.25) is 0 Å². The van der Waals surface area contributed by atoms with Crippen LogP contribution in [0.2, 0.25) is 18.1 Å². The number of aliphatic carboxylic acids is 1. The molecule has 4 heteroatoms. The van der Waals surface area contributed by atoms with Gasteiger partial charge in [0.1, 0.15) is 0 Å². The third-order valence-electron chi connectivity index (χ3n) is 8.06. The highest BCUT2D eigenvalue weighted by atomic mass is 28.4. The Balaban J connectivity index is 2.31. The molecule has 0 radical (unpaired) electrons. The molecule has 0 unspecified atom stereocenters. The average Bonchev–Trinajstić information content (AvgIpc) is 2.62. The van der Waals surface area contributed by atoms with E-state index in [9.17, 15) is 9.90 Å². The van der Waals surface area contributed by atoms with Crippen LogP contribution in [-0.4, -0.2) is 25.5 Å². The van der Waals surface area contributed by atoms with Gasteiger partial charge in [-0.25, -0.2) is 4.79 Å². The van der Waals surface area contributed by atoms with Crippen LogP contribution in [0.4, 0.5) is 0 Å². The number of allylic oxidation sites excluding steroid dienone is 5. The highest BCUT2D eigenvalue weighted by molar-refractivity contribution is 6.74. The average molecular weight is 433 g/mol. The molecule has 0 spiro atoms. The van der Waals surface area contributed by atoms with Gasteiger partial charge in [-0.1, -0.05) is 78.8 Å². The Labute approximate surface area is 185 Å². The van der Waals surface area contributed by atoms with E-state index in [1.807, 2.05) is 13.0 Å². The van der Waals surface area contributed by atoms with Crippen LogP contribution in [0.1, 0.15) is 61.3 Å². The summed E-state index contributed by atoms with van der Waals surface area (Å²) in [6, 6.07) is 0. The number of carboxylic acid groups (broad SMARTS) is 1. The molecule has 0 aromatic carbocycles.